The Kier molecular flexibility index (Phi) is 3.09. The quantitative estimate of drug-likeness (QED) is 0.867. The zero-order valence-electron chi connectivity index (χ0n) is 11.1. The molecular formula is C16H20ClNS. The van der Waals surface area contributed by atoms with Crippen molar-refractivity contribution in [2.24, 2.45) is 11.3 Å². The fourth-order valence-corrected chi connectivity index (χ4v) is 4.78. The Morgan fingerprint density at radius 2 is 2.11 bits per heavy atom. The summed E-state index contributed by atoms with van der Waals surface area (Å²) < 4.78 is 0. The van der Waals surface area contributed by atoms with E-state index < -0.39 is 0 Å². The van der Waals surface area contributed by atoms with E-state index in [1.807, 2.05) is 17.8 Å². The molecule has 1 aromatic carbocycles. The molecule has 2 aliphatic carbocycles. The van der Waals surface area contributed by atoms with E-state index in [0.717, 1.165) is 10.9 Å². The molecule has 1 unspecified atom stereocenters. The molecule has 0 bridgehead atoms. The summed E-state index contributed by atoms with van der Waals surface area (Å²) in [5, 5.41) is 4.73. The first-order valence-corrected chi connectivity index (χ1v) is 8.79. The van der Waals surface area contributed by atoms with Crippen LogP contribution in [0.1, 0.15) is 43.7 Å². The van der Waals surface area contributed by atoms with Gasteiger partial charge in [-0.2, -0.15) is 0 Å². The predicted molar refractivity (Wildman–Crippen MR) is 81.9 cm³/mol. The largest absolute Gasteiger partial charge is 0.309 e. The van der Waals surface area contributed by atoms with Crippen LogP contribution in [-0.4, -0.2) is 12.3 Å². The van der Waals surface area contributed by atoms with Crippen LogP contribution in [0.15, 0.2) is 23.1 Å². The van der Waals surface area contributed by atoms with Gasteiger partial charge in [-0.05, 0) is 73.0 Å². The van der Waals surface area contributed by atoms with Gasteiger partial charge >= 0.3 is 0 Å². The van der Waals surface area contributed by atoms with Crippen LogP contribution in [0.2, 0.25) is 5.02 Å². The Bertz CT molecular complexity index is 494. The summed E-state index contributed by atoms with van der Waals surface area (Å²) in [4.78, 5) is 1.42. The van der Waals surface area contributed by atoms with Gasteiger partial charge in [-0.15, -0.1) is 11.8 Å². The van der Waals surface area contributed by atoms with E-state index in [1.54, 1.807) is 0 Å². The predicted octanol–water partition coefficient (Wildman–Crippen LogP) is 4.66. The van der Waals surface area contributed by atoms with Gasteiger partial charge in [0.2, 0.25) is 0 Å². The fraction of sp³-hybridized carbons (Fsp3) is 0.625. The van der Waals surface area contributed by atoms with Crippen molar-refractivity contribution >= 4 is 23.4 Å². The van der Waals surface area contributed by atoms with Crippen molar-refractivity contribution in [1.29, 1.82) is 0 Å². The molecule has 0 amide bonds. The summed E-state index contributed by atoms with van der Waals surface area (Å²) >= 11 is 8.14. The van der Waals surface area contributed by atoms with Crippen LogP contribution < -0.4 is 5.32 Å². The molecule has 1 atom stereocenters. The van der Waals surface area contributed by atoms with E-state index in [-0.39, 0.29) is 0 Å². The summed E-state index contributed by atoms with van der Waals surface area (Å²) in [6.45, 7) is 1.22. The van der Waals surface area contributed by atoms with E-state index in [2.05, 4.69) is 17.4 Å². The number of hydrogen-bond acceptors (Lipinski definition) is 2. The van der Waals surface area contributed by atoms with Gasteiger partial charge in [-0.25, -0.2) is 0 Å². The van der Waals surface area contributed by atoms with Crippen molar-refractivity contribution in [1.82, 2.24) is 5.32 Å². The number of nitrogens with one attached hydrogen (secondary N) is 1. The van der Waals surface area contributed by atoms with Gasteiger partial charge in [-0.1, -0.05) is 11.6 Å². The molecule has 0 radical (unpaired) electrons. The van der Waals surface area contributed by atoms with Crippen molar-refractivity contribution in [3.8, 4) is 0 Å². The molecule has 1 N–H and O–H groups in total. The Balaban J connectivity index is 1.49. The standard InChI is InChI=1S/C16H20ClNS/c17-12-3-4-15-13(9-12)14(5-8-19-15)18-10-16(6-7-16)11-1-2-11/h3-4,9,11,14,18H,1-2,5-8,10H2. The van der Waals surface area contributed by atoms with Gasteiger partial charge in [0.15, 0.2) is 0 Å². The maximum absolute atomic E-state index is 6.17. The zero-order chi connectivity index (χ0) is 12.9. The molecule has 19 heavy (non-hydrogen) atoms. The summed E-state index contributed by atoms with van der Waals surface area (Å²) in [7, 11) is 0. The number of hydrogen-bond donors (Lipinski definition) is 1. The van der Waals surface area contributed by atoms with E-state index >= 15 is 0 Å². The number of rotatable bonds is 4. The number of fused-ring (bicyclic) bond motifs is 1. The van der Waals surface area contributed by atoms with Crippen LogP contribution in [0.25, 0.3) is 0 Å². The molecule has 1 nitrogen and oxygen atoms in total. The third-order valence-electron chi connectivity index (χ3n) is 5.05. The first kappa shape index (κ1) is 12.6. The van der Waals surface area contributed by atoms with Gasteiger partial charge in [-0.3, -0.25) is 0 Å². The normalized spacial score (nSPS) is 27.9. The van der Waals surface area contributed by atoms with Gasteiger partial charge in [0.25, 0.3) is 0 Å². The Morgan fingerprint density at radius 3 is 2.84 bits per heavy atom. The molecule has 0 saturated heterocycles. The second-order valence-corrected chi connectivity index (χ2v) is 7.96. The van der Waals surface area contributed by atoms with Crippen molar-refractivity contribution in [2.45, 2.75) is 43.0 Å². The molecule has 0 aromatic heterocycles. The van der Waals surface area contributed by atoms with Crippen molar-refractivity contribution < 1.29 is 0 Å². The Labute approximate surface area is 124 Å². The van der Waals surface area contributed by atoms with E-state index in [0.29, 0.717) is 11.5 Å². The van der Waals surface area contributed by atoms with Crippen molar-refractivity contribution in [2.75, 3.05) is 12.3 Å². The molecule has 2 saturated carbocycles. The van der Waals surface area contributed by atoms with E-state index in [4.69, 9.17) is 11.6 Å². The molecule has 3 aliphatic rings. The third kappa shape index (κ3) is 2.43. The van der Waals surface area contributed by atoms with Crippen LogP contribution in [0.5, 0.6) is 0 Å². The first-order chi connectivity index (χ1) is 9.27. The lowest BCUT2D eigenvalue weighted by atomic mass is 9.98. The Hall–Kier alpha value is -0.180. The minimum absolute atomic E-state index is 0.520. The second-order valence-electron chi connectivity index (χ2n) is 6.39. The van der Waals surface area contributed by atoms with Crippen LogP contribution in [0.3, 0.4) is 0 Å². The second kappa shape index (κ2) is 4.68. The van der Waals surface area contributed by atoms with Gasteiger partial charge in [0, 0.05) is 22.5 Å². The summed E-state index contributed by atoms with van der Waals surface area (Å²) in [5.74, 6) is 2.26. The van der Waals surface area contributed by atoms with Gasteiger partial charge < -0.3 is 5.32 Å². The molecule has 2 fully saturated rings. The smallest absolute Gasteiger partial charge is 0.0410 e. The summed E-state index contributed by atoms with van der Waals surface area (Å²) in [6, 6.07) is 6.88. The zero-order valence-corrected chi connectivity index (χ0v) is 12.7. The maximum atomic E-state index is 6.17. The lowest BCUT2D eigenvalue weighted by molar-refractivity contribution is 0.368. The highest BCUT2D eigenvalue weighted by molar-refractivity contribution is 7.99. The average Bonchev–Trinajstić information content (AvgIpc) is 3.27. The fourth-order valence-electron chi connectivity index (χ4n) is 3.49. The summed E-state index contributed by atoms with van der Waals surface area (Å²) in [5.41, 5.74) is 2.11. The summed E-state index contributed by atoms with van der Waals surface area (Å²) in [6.07, 6.45) is 7.09. The third-order valence-corrected chi connectivity index (χ3v) is 6.41. The molecule has 1 aliphatic heterocycles. The highest BCUT2D eigenvalue weighted by atomic mass is 35.5. The number of halogens is 1. The molecular weight excluding hydrogens is 274 g/mol. The Morgan fingerprint density at radius 1 is 1.26 bits per heavy atom. The maximum Gasteiger partial charge on any atom is 0.0410 e. The van der Waals surface area contributed by atoms with Crippen LogP contribution >= 0.6 is 23.4 Å². The number of thioether (sulfide) groups is 1. The molecule has 102 valence electrons. The average molecular weight is 294 g/mol. The highest BCUT2D eigenvalue weighted by Crippen LogP contribution is 2.61. The van der Waals surface area contributed by atoms with Crippen molar-refractivity contribution in [3.05, 3.63) is 28.8 Å². The lowest BCUT2D eigenvalue weighted by Gasteiger charge is -2.28. The topological polar surface area (TPSA) is 12.0 Å². The highest BCUT2D eigenvalue weighted by Gasteiger charge is 2.53. The SMILES string of the molecule is Clc1ccc2c(c1)C(NCC1(C3CC3)CC1)CCS2. The first-order valence-electron chi connectivity index (χ1n) is 7.42. The van der Waals surface area contributed by atoms with Crippen LogP contribution in [0, 0.1) is 11.3 Å². The minimum Gasteiger partial charge on any atom is -0.309 e. The monoisotopic (exact) mass is 293 g/mol. The van der Waals surface area contributed by atoms with Crippen LogP contribution in [-0.2, 0) is 0 Å². The molecule has 4 rings (SSSR count). The lowest BCUT2D eigenvalue weighted by Crippen LogP contribution is -2.31. The number of benzene rings is 1. The van der Waals surface area contributed by atoms with Crippen molar-refractivity contribution in [3.63, 3.8) is 0 Å². The molecule has 1 aromatic rings. The van der Waals surface area contributed by atoms with Crippen LogP contribution in [0.4, 0.5) is 0 Å². The molecule has 1 heterocycles. The van der Waals surface area contributed by atoms with Gasteiger partial charge in [0.05, 0.1) is 0 Å². The molecule has 0 spiro atoms. The van der Waals surface area contributed by atoms with E-state index in [9.17, 15) is 0 Å². The molecule has 3 heteroatoms. The van der Waals surface area contributed by atoms with Gasteiger partial charge in [0.1, 0.15) is 0 Å². The van der Waals surface area contributed by atoms with E-state index in [1.165, 1.54) is 54.9 Å². The minimum atomic E-state index is 0.520.